The number of hydrogen-bond donors (Lipinski definition) is 1. The molecule has 0 unspecified atom stereocenters. The van der Waals surface area contributed by atoms with E-state index in [2.05, 4.69) is 17.1 Å². The van der Waals surface area contributed by atoms with Crippen molar-refractivity contribution in [1.82, 2.24) is 4.90 Å². The lowest BCUT2D eigenvalue weighted by atomic mass is 9.93. The number of nitrogens with zero attached hydrogens (tertiary/aromatic N) is 1. The third-order valence-corrected chi connectivity index (χ3v) is 3.82. The molecule has 2 nitrogen and oxygen atoms in total. The minimum absolute atomic E-state index is 0.306. The first kappa shape index (κ1) is 11.2. The van der Waals surface area contributed by atoms with E-state index < -0.39 is 0 Å². The molecule has 2 rings (SSSR count). The molecule has 0 spiro atoms. The Labute approximate surface area is 93.0 Å². The van der Waals surface area contributed by atoms with Crippen LogP contribution in [0.15, 0.2) is 12.2 Å². The van der Waals surface area contributed by atoms with Crippen LogP contribution in [0.1, 0.15) is 44.9 Å². The number of aliphatic hydroxyl groups is 1. The van der Waals surface area contributed by atoms with Crippen molar-refractivity contribution in [2.24, 2.45) is 0 Å². The van der Waals surface area contributed by atoms with E-state index in [1.54, 1.807) is 0 Å². The maximum Gasteiger partial charge on any atom is 0.0558 e. The Morgan fingerprint density at radius 1 is 1.13 bits per heavy atom. The van der Waals surface area contributed by atoms with Crippen molar-refractivity contribution in [1.29, 1.82) is 0 Å². The summed E-state index contributed by atoms with van der Waals surface area (Å²) in [6.07, 6.45) is 13.9. The standard InChI is InChI=1S/C13H23NO/c15-11-10-14(13-8-4-5-9-13)12-6-2-1-3-7-12/h4,8,12-13,15H,1-3,5-7,9-11H2/t13-/m0/s1. The highest BCUT2D eigenvalue weighted by atomic mass is 16.3. The van der Waals surface area contributed by atoms with Gasteiger partial charge in [0.1, 0.15) is 0 Å². The van der Waals surface area contributed by atoms with Crippen LogP contribution < -0.4 is 0 Å². The molecule has 0 amide bonds. The van der Waals surface area contributed by atoms with Crippen molar-refractivity contribution < 1.29 is 5.11 Å². The molecule has 0 aliphatic heterocycles. The molecule has 15 heavy (non-hydrogen) atoms. The zero-order valence-electron chi connectivity index (χ0n) is 9.57. The van der Waals surface area contributed by atoms with Crippen molar-refractivity contribution in [3.8, 4) is 0 Å². The lowest BCUT2D eigenvalue weighted by molar-refractivity contribution is 0.0982. The summed E-state index contributed by atoms with van der Waals surface area (Å²) in [4.78, 5) is 2.54. The van der Waals surface area contributed by atoms with Gasteiger partial charge in [-0.1, -0.05) is 31.4 Å². The zero-order valence-corrected chi connectivity index (χ0v) is 9.57. The molecule has 0 radical (unpaired) electrons. The maximum absolute atomic E-state index is 9.16. The summed E-state index contributed by atoms with van der Waals surface area (Å²) in [6.45, 7) is 1.17. The predicted molar refractivity (Wildman–Crippen MR) is 62.8 cm³/mol. The monoisotopic (exact) mass is 209 g/mol. The molecule has 1 saturated carbocycles. The van der Waals surface area contributed by atoms with E-state index >= 15 is 0 Å². The van der Waals surface area contributed by atoms with Gasteiger partial charge in [0, 0.05) is 18.6 Å². The number of allylic oxidation sites excluding steroid dienone is 1. The highest BCUT2D eigenvalue weighted by molar-refractivity contribution is 5.03. The average molecular weight is 209 g/mol. The molecule has 1 atom stereocenters. The highest BCUT2D eigenvalue weighted by Gasteiger charge is 2.26. The summed E-state index contributed by atoms with van der Waals surface area (Å²) in [6, 6.07) is 1.35. The third-order valence-electron chi connectivity index (χ3n) is 3.82. The van der Waals surface area contributed by atoms with Crippen LogP contribution in [-0.2, 0) is 0 Å². The highest BCUT2D eigenvalue weighted by Crippen LogP contribution is 2.27. The Balaban J connectivity index is 1.94. The van der Waals surface area contributed by atoms with Crippen LogP contribution in [0.4, 0.5) is 0 Å². The van der Waals surface area contributed by atoms with E-state index in [-0.39, 0.29) is 0 Å². The molecule has 2 aliphatic rings. The Bertz CT molecular complexity index is 209. The molecule has 0 aromatic carbocycles. The van der Waals surface area contributed by atoms with Crippen molar-refractivity contribution >= 4 is 0 Å². The van der Waals surface area contributed by atoms with Crippen LogP contribution in [0.5, 0.6) is 0 Å². The first-order valence-electron chi connectivity index (χ1n) is 6.45. The van der Waals surface area contributed by atoms with Crippen LogP contribution in [0, 0.1) is 0 Å². The molecular weight excluding hydrogens is 186 g/mol. The van der Waals surface area contributed by atoms with Gasteiger partial charge in [-0.05, 0) is 25.7 Å². The summed E-state index contributed by atoms with van der Waals surface area (Å²) in [5.74, 6) is 0. The minimum atomic E-state index is 0.306. The van der Waals surface area contributed by atoms with Crippen LogP contribution in [0.3, 0.4) is 0 Å². The smallest absolute Gasteiger partial charge is 0.0558 e. The molecular formula is C13H23NO. The molecule has 2 aliphatic carbocycles. The fourth-order valence-electron chi connectivity index (χ4n) is 3.04. The van der Waals surface area contributed by atoms with E-state index in [0.717, 1.165) is 12.6 Å². The van der Waals surface area contributed by atoms with Crippen LogP contribution in [0.25, 0.3) is 0 Å². The van der Waals surface area contributed by atoms with Gasteiger partial charge in [0.05, 0.1) is 6.61 Å². The van der Waals surface area contributed by atoms with E-state index in [9.17, 15) is 0 Å². The first-order valence-corrected chi connectivity index (χ1v) is 6.45. The number of rotatable bonds is 4. The Morgan fingerprint density at radius 3 is 2.53 bits per heavy atom. The van der Waals surface area contributed by atoms with Gasteiger partial charge in [-0.25, -0.2) is 0 Å². The molecule has 86 valence electrons. The van der Waals surface area contributed by atoms with Crippen molar-refractivity contribution in [2.75, 3.05) is 13.2 Å². The van der Waals surface area contributed by atoms with Gasteiger partial charge in [-0.15, -0.1) is 0 Å². The quantitative estimate of drug-likeness (QED) is 0.718. The summed E-state index contributed by atoms with van der Waals surface area (Å²) in [7, 11) is 0. The summed E-state index contributed by atoms with van der Waals surface area (Å²) < 4.78 is 0. The molecule has 2 heteroatoms. The predicted octanol–water partition coefficient (Wildman–Crippen LogP) is 2.33. The largest absolute Gasteiger partial charge is 0.395 e. The van der Waals surface area contributed by atoms with E-state index in [0.29, 0.717) is 12.6 Å². The van der Waals surface area contributed by atoms with Crippen LogP contribution in [0.2, 0.25) is 0 Å². The summed E-state index contributed by atoms with van der Waals surface area (Å²) in [5.41, 5.74) is 0. The van der Waals surface area contributed by atoms with Gasteiger partial charge in [-0.3, -0.25) is 4.90 Å². The first-order chi connectivity index (χ1) is 7.42. The van der Waals surface area contributed by atoms with Crippen molar-refractivity contribution in [3.63, 3.8) is 0 Å². The van der Waals surface area contributed by atoms with Crippen LogP contribution in [-0.4, -0.2) is 35.2 Å². The fraction of sp³-hybridized carbons (Fsp3) is 0.846. The second-order valence-corrected chi connectivity index (χ2v) is 4.83. The maximum atomic E-state index is 9.16. The SMILES string of the molecule is OCCN(C1CCCCC1)[C@H]1C=CCC1. The minimum Gasteiger partial charge on any atom is -0.395 e. The van der Waals surface area contributed by atoms with Crippen molar-refractivity contribution in [2.45, 2.75) is 57.0 Å². The second kappa shape index (κ2) is 5.66. The second-order valence-electron chi connectivity index (χ2n) is 4.83. The van der Waals surface area contributed by atoms with E-state index in [4.69, 9.17) is 5.11 Å². The van der Waals surface area contributed by atoms with E-state index in [1.807, 2.05) is 0 Å². The fourth-order valence-corrected chi connectivity index (χ4v) is 3.04. The third kappa shape index (κ3) is 2.82. The van der Waals surface area contributed by atoms with Crippen molar-refractivity contribution in [3.05, 3.63) is 12.2 Å². The summed E-state index contributed by atoms with van der Waals surface area (Å²) in [5, 5.41) is 9.16. The molecule has 0 bridgehead atoms. The molecule has 0 aromatic rings. The number of hydrogen-bond acceptors (Lipinski definition) is 2. The normalized spacial score (nSPS) is 27.7. The van der Waals surface area contributed by atoms with Crippen LogP contribution >= 0.6 is 0 Å². The van der Waals surface area contributed by atoms with Gasteiger partial charge in [0.2, 0.25) is 0 Å². The lowest BCUT2D eigenvalue weighted by Gasteiger charge is -2.37. The Kier molecular flexibility index (Phi) is 4.21. The molecule has 1 N–H and O–H groups in total. The molecule has 0 saturated heterocycles. The van der Waals surface area contributed by atoms with Gasteiger partial charge >= 0.3 is 0 Å². The van der Waals surface area contributed by atoms with E-state index in [1.165, 1.54) is 44.9 Å². The lowest BCUT2D eigenvalue weighted by Crippen LogP contribution is -2.44. The topological polar surface area (TPSA) is 23.5 Å². The van der Waals surface area contributed by atoms with Gasteiger partial charge in [0.15, 0.2) is 0 Å². The van der Waals surface area contributed by atoms with Gasteiger partial charge in [0.25, 0.3) is 0 Å². The average Bonchev–Trinajstić information content (AvgIpc) is 2.80. The molecule has 0 aromatic heterocycles. The Hall–Kier alpha value is -0.340. The zero-order chi connectivity index (χ0) is 10.5. The molecule has 1 fully saturated rings. The summed E-state index contributed by atoms with van der Waals surface area (Å²) >= 11 is 0. The Morgan fingerprint density at radius 2 is 1.93 bits per heavy atom. The molecule has 0 heterocycles. The van der Waals surface area contributed by atoms with Gasteiger partial charge < -0.3 is 5.11 Å². The number of aliphatic hydroxyl groups excluding tert-OH is 1. The van der Waals surface area contributed by atoms with Gasteiger partial charge in [-0.2, -0.15) is 0 Å².